The molecule has 29 heavy (non-hydrogen) atoms. The molecule has 1 N–H and O–H groups in total. The molecule has 5 nitrogen and oxygen atoms in total. The lowest BCUT2D eigenvalue weighted by molar-refractivity contribution is 0.0910. The van der Waals surface area contributed by atoms with Crippen LogP contribution in [0.15, 0.2) is 47.4 Å². The van der Waals surface area contributed by atoms with E-state index in [0.29, 0.717) is 11.6 Å². The van der Waals surface area contributed by atoms with Crippen LogP contribution >= 0.6 is 11.6 Å². The van der Waals surface area contributed by atoms with Crippen molar-refractivity contribution >= 4 is 33.2 Å². The van der Waals surface area contributed by atoms with E-state index in [2.05, 4.69) is 12.2 Å². The number of amides is 1. The van der Waals surface area contributed by atoms with Crippen molar-refractivity contribution in [3.05, 3.63) is 58.9 Å². The monoisotopic (exact) mass is 438 g/mol. The van der Waals surface area contributed by atoms with Crippen molar-refractivity contribution in [3.63, 3.8) is 0 Å². The van der Waals surface area contributed by atoms with Gasteiger partial charge in [0.25, 0.3) is 15.9 Å². The standard InChI is InChI=1S/C21H24ClFN2O3S/c1-14-5-3-4-6-20(14)24-21(26)18-13-17(11-12-19(18)22)29(27,28)25(2)16-9-7-15(23)8-10-16/h7-14,20H,3-6H2,1-2H3,(H,24,26). The van der Waals surface area contributed by atoms with Crippen molar-refractivity contribution in [2.75, 3.05) is 11.4 Å². The van der Waals surface area contributed by atoms with Crippen LogP contribution in [0.5, 0.6) is 0 Å². The first-order chi connectivity index (χ1) is 13.7. The number of sulfonamides is 1. The Balaban J connectivity index is 1.87. The number of rotatable bonds is 5. The first kappa shape index (κ1) is 21.6. The molecular weight excluding hydrogens is 415 g/mol. The summed E-state index contributed by atoms with van der Waals surface area (Å²) in [4.78, 5) is 12.7. The van der Waals surface area contributed by atoms with Crippen molar-refractivity contribution in [2.45, 2.75) is 43.5 Å². The predicted molar refractivity (Wildman–Crippen MR) is 112 cm³/mol. The van der Waals surface area contributed by atoms with E-state index in [-0.39, 0.29) is 27.4 Å². The molecule has 1 aliphatic rings. The van der Waals surface area contributed by atoms with Crippen LogP contribution in [0.2, 0.25) is 5.02 Å². The zero-order valence-corrected chi connectivity index (χ0v) is 17.9. The van der Waals surface area contributed by atoms with Gasteiger partial charge in [0.05, 0.1) is 21.2 Å². The van der Waals surface area contributed by atoms with E-state index in [0.717, 1.165) is 30.0 Å². The third-order valence-electron chi connectivity index (χ3n) is 5.46. The smallest absolute Gasteiger partial charge is 0.264 e. The van der Waals surface area contributed by atoms with Gasteiger partial charge in [-0.25, -0.2) is 12.8 Å². The van der Waals surface area contributed by atoms with Crippen molar-refractivity contribution in [2.24, 2.45) is 5.92 Å². The lowest BCUT2D eigenvalue weighted by Crippen LogP contribution is -2.41. The summed E-state index contributed by atoms with van der Waals surface area (Å²) in [6.07, 6.45) is 4.16. The molecule has 1 amide bonds. The Morgan fingerprint density at radius 1 is 1.14 bits per heavy atom. The van der Waals surface area contributed by atoms with Crippen LogP contribution in [0.4, 0.5) is 10.1 Å². The van der Waals surface area contributed by atoms with Crippen LogP contribution in [0.3, 0.4) is 0 Å². The zero-order chi connectivity index (χ0) is 21.2. The molecule has 1 fully saturated rings. The normalized spacial score (nSPS) is 19.6. The number of carbonyl (C=O) groups excluding carboxylic acids is 1. The maximum Gasteiger partial charge on any atom is 0.264 e. The molecule has 0 spiro atoms. The molecule has 0 heterocycles. The highest BCUT2D eigenvalue weighted by Crippen LogP contribution is 2.28. The fourth-order valence-electron chi connectivity index (χ4n) is 3.56. The minimum Gasteiger partial charge on any atom is -0.349 e. The van der Waals surface area contributed by atoms with Crippen LogP contribution in [0.1, 0.15) is 43.0 Å². The second kappa shape index (κ2) is 8.71. The first-order valence-electron chi connectivity index (χ1n) is 9.55. The quantitative estimate of drug-likeness (QED) is 0.741. The highest BCUT2D eigenvalue weighted by molar-refractivity contribution is 7.92. The van der Waals surface area contributed by atoms with E-state index < -0.39 is 15.8 Å². The van der Waals surface area contributed by atoms with E-state index in [1.807, 2.05) is 0 Å². The molecule has 8 heteroatoms. The first-order valence-corrected chi connectivity index (χ1v) is 11.4. The van der Waals surface area contributed by atoms with Gasteiger partial charge in [0.15, 0.2) is 0 Å². The zero-order valence-electron chi connectivity index (χ0n) is 16.4. The second-order valence-corrected chi connectivity index (χ2v) is 9.81. The molecule has 0 aromatic heterocycles. The highest BCUT2D eigenvalue weighted by Gasteiger charge is 2.27. The summed E-state index contributed by atoms with van der Waals surface area (Å²) in [5, 5.41) is 3.19. The number of benzene rings is 2. The van der Waals surface area contributed by atoms with Crippen LogP contribution in [-0.4, -0.2) is 27.4 Å². The van der Waals surface area contributed by atoms with Crippen LogP contribution in [-0.2, 0) is 10.0 Å². The fourth-order valence-corrected chi connectivity index (χ4v) is 4.99. The van der Waals surface area contributed by atoms with Crippen LogP contribution in [0, 0.1) is 11.7 Å². The maximum absolute atomic E-state index is 13.1. The van der Waals surface area contributed by atoms with Crippen molar-refractivity contribution in [1.82, 2.24) is 5.32 Å². The molecule has 1 aliphatic carbocycles. The molecule has 2 aromatic carbocycles. The summed E-state index contributed by atoms with van der Waals surface area (Å²) in [6, 6.07) is 9.24. The number of halogens is 2. The Morgan fingerprint density at radius 2 is 1.79 bits per heavy atom. The third kappa shape index (κ3) is 4.73. The number of nitrogens with zero attached hydrogens (tertiary/aromatic N) is 1. The third-order valence-corrected chi connectivity index (χ3v) is 7.57. The summed E-state index contributed by atoms with van der Waals surface area (Å²) < 4.78 is 40.2. The molecule has 2 unspecified atom stereocenters. The van der Waals surface area contributed by atoms with Gasteiger partial charge in [0, 0.05) is 13.1 Å². The summed E-state index contributed by atoms with van der Waals surface area (Å²) in [6.45, 7) is 2.10. The van der Waals surface area contributed by atoms with Gasteiger partial charge in [-0.2, -0.15) is 0 Å². The van der Waals surface area contributed by atoms with Gasteiger partial charge < -0.3 is 5.32 Å². The maximum atomic E-state index is 13.1. The van der Waals surface area contributed by atoms with E-state index in [1.165, 1.54) is 49.5 Å². The van der Waals surface area contributed by atoms with Gasteiger partial charge in [-0.1, -0.05) is 31.4 Å². The minimum atomic E-state index is -3.95. The number of nitrogens with one attached hydrogen (secondary N) is 1. The second-order valence-electron chi connectivity index (χ2n) is 7.43. The lowest BCUT2D eigenvalue weighted by atomic mass is 9.86. The Morgan fingerprint density at radius 3 is 2.45 bits per heavy atom. The number of anilines is 1. The van der Waals surface area contributed by atoms with Crippen LogP contribution in [0.25, 0.3) is 0 Å². The summed E-state index contributed by atoms with van der Waals surface area (Å²) in [5.74, 6) is -0.472. The molecule has 1 saturated carbocycles. The summed E-state index contributed by atoms with van der Waals surface area (Å²) in [7, 11) is -2.57. The molecular formula is C21H24ClFN2O3S. The summed E-state index contributed by atoms with van der Waals surface area (Å²) >= 11 is 6.20. The van der Waals surface area contributed by atoms with Gasteiger partial charge in [-0.05, 0) is 61.2 Å². The predicted octanol–water partition coefficient (Wildman–Crippen LogP) is 4.61. The number of hydrogen-bond donors (Lipinski definition) is 1. The Bertz CT molecular complexity index is 995. The van der Waals surface area contributed by atoms with E-state index in [1.54, 1.807) is 0 Å². The highest BCUT2D eigenvalue weighted by atomic mass is 35.5. The Kier molecular flexibility index (Phi) is 6.49. The Labute approximate surface area is 175 Å². The SMILES string of the molecule is CC1CCCCC1NC(=O)c1cc(S(=O)(=O)N(C)c2ccc(F)cc2)ccc1Cl. The van der Waals surface area contributed by atoms with E-state index in [4.69, 9.17) is 11.6 Å². The van der Waals surface area contributed by atoms with E-state index >= 15 is 0 Å². The van der Waals surface area contributed by atoms with Gasteiger partial charge in [0.1, 0.15) is 5.82 Å². The van der Waals surface area contributed by atoms with Crippen molar-refractivity contribution < 1.29 is 17.6 Å². The molecule has 156 valence electrons. The molecule has 3 rings (SSSR count). The molecule has 0 radical (unpaired) electrons. The topological polar surface area (TPSA) is 66.5 Å². The molecule has 0 bridgehead atoms. The Hall–Kier alpha value is -2.12. The van der Waals surface area contributed by atoms with Crippen LogP contribution < -0.4 is 9.62 Å². The van der Waals surface area contributed by atoms with Gasteiger partial charge in [0.2, 0.25) is 0 Å². The lowest BCUT2D eigenvalue weighted by Gasteiger charge is -2.29. The molecule has 2 aromatic rings. The molecule has 2 atom stereocenters. The molecule has 0 saturated heterocycles. The number of hydrogen-bond acceptors (Lipinski definition) is 3. The largest absolute Gasteiger partial charge is 0.349 e. The fraction of sp³-hybridized carbons (Fsp3) is 0.381. The van der Waals surface area contributed by atoms with Gasteiger partial charge in [-0.3, -0.25) is 9.10 Å². The van der Waals surface area contributed by atoms with Crippen molar-refractivity contribution in [1.29, 1.82) is 0 Å². The van der Waals surface area contributed by atoms with Gasteiger partial charge >= 0.3 is 0 Å². The minimum absolute atomic E-state index is 0.0504. The average Bonchev–Trinajstić information content (AvgIpc) is 2.70. The average molecular weight is 439 g/mol. The van der Waals surface area contributed by atoms with Gasteiger partial charge in [-0.15, -0.1) is 0 Å². The number of carbonyl (C=O) groups is 1. The van der Waals surface area contributed by atoms with Crippen molar-refractivity contribution in [3.8, 4) is 0 Å². The van der Waals surface area contributed by atoms with E-state index in [9.17, 15) is 17.6 Å². The summed E-state index contributed by atoms with van der Waals surface area (Å²) in [5.41, 5.74) is 0.432. The molecule has 0 aliphatic heterocycles.